The van der Waals surface area contributed by atoms with Gasteiger partial charge in [-0.2, -0.15) is 0 Å². The van der Waals surface area contributed by atoms with Crippen molar-refractivity contribution in [3.8, 4) is 0 Å². The fourth-order valence-corrected chi connectivity index (χ4v) is 7.47. The Hall–Kier alpha value is -1.40. The van der Waals surface area contributed by atoms with Gasteiger partial charge in [-0.3, -0.25) is 0 Å². The van der Waals surface area contributed by atoms with Crippen LogP contribution in [0.3, 0.4) is 0 Å². The first kappa shape index (κ1) is 21.3. The molecule has 0 bridgehead atoms. The molecule has 0 saturated heterocycles. The van der Waals surface area contributed by atoms with Gasteiger partial charge in [-0.05, 0) is 55.9 Å². The van der Waals surface area contributed by atoms with E-state index in [1.807, 2.05) is 32.0 Å². The number of aromatic nitrogens is 2. The van der Waals surface area contributed by atoms with Gasteiger partial charge in [-0.25, -0.2) is 18.4 Å². The Balaban J connectivity index is 1.87. The first-order valence-corrected chi connectivity index (χ1v) is 12.3. The third-order valence-corrected chi connectivity index (χ3v) is 9.03. The lowest BCUT2D eigenvalue weighted by Gasteiger charge is -2.30. The fourth-order valence-electron chi connectivity index (χ4n) is 3.75. The molecule has 28 heavy (non-hydrogen) atoms. The van der Waals surface area contributed by atoms with Crippen LogP contribution in [0.5, 0.6) is 0 Å². The lowest BCUT2D eigenvalue weighted by molar-refractivity contribution is 0.492. The van der Waals surface area contributed by atoms with Crippen LogP contribution in [-0.2, 0) is 15.3 Å². The average Bonchev–Trinajstić information content (AvgIpc) is 2.60. The molecule has 2 atom stereocenters. The number of hydrogen-bond donors (Lipinski definition) is 0. The molecule has 0 unspecified atom stereocenters. The Kier molecular flexibility index (Phi) is 6.20. The Morgan fingerprint density at radius 3 is 2.11 bits per heavy atom. The predicted octanol–water partition coefficient (Wildman–Crippen LogP) is 5.27. The van der Waals surface area contributed by atoms with Crippen molar-refractivity contribution in [2.45, 2.75) is 86.3 Å². The maximum atomic E-state index is 13.4. The van der Waals surface area contributed by atoms with Crippen molar-refractivity contribution in [1.82, 2.24) is 9.97 Å². The lowest BCUT2D eigenvalue weighted by atomic mass is 9.87. The van der Waals surface area contributed by atoms with Crippen LogP contribution in [0.25, 0.3) is 0 Å². The van der Waals surface area contributed by atoms with E-state index in [4.69, 9.17) is 0 Å². The molecule has 152 valence electrons. The minimum Gasteiger partial charge on any atom is -0.228 e. The third kappa shape index (κ3) is 4.77. The van der Waals surface area contributed by atoms with Crippen molar-refractivity contribution >= 4 is 21.6 Å². The number of sulfone groups is 1. The summed E-state index contributed by atoms with van der Waals surface area (Å²) in [6.07, 6.45) is 3.59. The van der Waals surface area contributed by atoms with Crippen LogP contribution in [0.4, 0.5) is 0 Å². The average molecular weight is 419 g/mol. The molecular formula is C22H30N2O2S2. The molecular weight excluding hydrogens is 388 g/mol. The zero-order valence-electron chi connectivity index (χ0n) is 17.4. The number of rotatable bonds is 4. The summed E-state index contributed by atoms with van der Waals surface area (Å²) in [6, 6.07) is 9.39. The Labute approximate surface area is 173 Å². The second-order valence-corrected chi connectivity index (χ2v) is 12.1. The SMILES string of the molecule is Cc1cc(C)nc(S[C@H]2CCCC[C@H]2S(=O)(=O)c2ccc(C(C)(C)C)cc2)n1. The van der Waals surface area contributed by atoms with Gasteiger partial charge in [0, 0.05) is 16.6 Å². The smallest absolute Gasteiger partial charge is 0.188 e. The van der Waals surface area contributed by atoms with E-state index in [9.17, 15) is 8.42 Å². The first-order chi connectivity index (χ1) is 13.1. The first-order valence-electron chi connectivity index (χ1n) is 9.91. The Morgan fingerprint density at radius 1 is 0.964 bits per heavy atom. The van der Waals surface area contributed by atoms with Crippen LogP contribution in [0, 0.1) is 13.8 Å². The quantitative estimate of drug-likeness (QED) is 0.633. The third-order valence-electron chi connectivity index (χ3n) is 5.31. The van der Waals surface area contributed by atoms with Crippen molar-refractivity contribution in [2.24, 2.45) is 0 Å². The fraction of sp³-hybridized carbons (Fsp3) is 0.545. The van der Waals surface area contributed by atoms with Gasteiger partial charge in [0.05, 0.1) is 10.1 Å². The summed E-state index contributed by atoms with van der Waals surface area (Å²) in [7, 11) is -3.39. The summed E-state index contributed by atoms with van der Waals surface area (Å²) in [5, 5.41) is 0.283. The summed E-state index contributed by atoms with van der Waals surface area (Å²) in [5.41, 5.74) is 2.99. The van der Waals surface area contributed by atoms with Gasteiger partial charge in [0.15, 0.2) is 15.0 Å². The molecule has 1 aliphatic carbocycles. The number of nitrogens with zero attached hydrogens (tertiary/aromatic N) is 2. The van der Waals surface area contributed by atoms with Gasteiger partial charge < -0.3 is 0 Å². The highest BCUT2D eigenvalue weighted by molar-refractivity contribution is 8.01. The summed E-state index contributed by atoms with van der Waals surface area (Å²) >= 11 is 1.53. The molecule has 1 aromatic heterocycles. The van der Waals surface area contributed by atoms with Crippen molar-refractivity contribution < 1.29 is 8.42 Å². The highest BCUT2D eigenvalue weighted by Gasteiger charge is 2.37. The molecule has 1 saturated carbocycles. The van der Waals surface area contributed by atoms with Crippen LogP contribution < -0.4 is 0 Å². The largest absolute Gasteiger partial charge is 0.228 e. The number of hydrogen-bond acceptors (Lipinski definition) is 5. The summed E-state index contributed by atoms with van der Waals surface area (Å²) in [5.74, 6) is 0. The molecule has 0 amide bonds. The summed E-state index contributed by atoms with van der Waals surface area (Å²) in [6.45, 7) is 10.3. The maximum absolute atomic E-state index is 13.4. The van der Waals surface area contributed by atoms with Crippen molar-refractivity contribution in [3.05, 3.63) is 47.3 Å². The normalized spacial score (nSPS) is 20.9. The van der Waals surface area contributed by atoms with Crippen LogP contribution in [0.15, 0.2) is 40.4 Å². The van der Waals surface area contributed by atoms with Crippen LogP contribution in [0.1, 0.15) is 63.4 Å². The second kappa shape index (κ2) is 8.15. The predicted molar refractivity (Wildman–Crippen MR) is 116 cm³/mol. The van der Waals surface area contributed by atoms with Gasteiger partial charge in [-0.15, -0.1) is 0 Å². The minimum absolute atomic E-state index is 0.00584. The van der Waals surface area contributed by atoms with E-state index in [0.29, 0.717) is 16.5 Å². The molecule has 4 nitrogen and oxygen atoms in total. The van der Waals surface area contributed by atoms with Gasteiger partial charge in [0.25, 0.3) is 0 Å². The number of thioether (sulfide) groups is 1. The van der Waals surface area contributed by atoms with Crippen LogP contribution >= 0.6 is 11.8 Å². The molecule has 0 N–H and O–H groups in total. The van der Waals surface area contributed by atoms with Crippen molar-refractivity contribution in [1.29, 1.82) is 0 Å². The van der Waals surface area contributed by atoms with Crippen LogP contribution in [0.2, 0.25) is 0 Å². The van der Waals surface area contributed by atoms with E-state index in [0.717, 1.165) is 36.2 Å². The highest BCUT2D eigenvalue weighted by Crippen LogP contribution is 2.38. The number of benzene rings is 1. The maximum Gasteiger partial charge on any atom is 0.188 e. The molecule has 0 radical (unpaired) electrons. The number of aryl methyl sites for hydroxylation is 2. The molecule has 2 aromatic rings. The topological polar surface area (TPSA) is 59.9 Å². The zero-order chi connectivity index (χ0) is 20.5. The molecule has 6 heteroatoms. The molecule has 3 rings (SSSR count). The van der Waals surface area contributed by atoms with Gasteiger partial charge in [-0.1, -0.05) is 57.5 Å². The summed E-state index contributed by atoms with van der Waals surface area (Å²) < 4.78 is 26.9. The van der Waals surface area contributed by atoms with E-state index in [1.54, 1.807) is 12.1 Å². The van der Waals surface area contributed by atoms with Crippen molar-refractivity contribution in [2.75, 3.05) is 0 Å². The van der Waals surface area contributed by atoms with E-state index >= 15 is 0 Å². The van der Waals surface area contributed by atoms with E-state index < -0.39 is 15.1 Å². The second-order valence-electron chi connectivity index (χ2n) is 8.73. The standard InChI is InChI=1S/C22H30N2O2S2/c1-15-14-16(2)24-21(23-15)27-19-8-6-7-9-20(19)28(25,26)18-12-10-17(11-13-18)22(3,4)5/h10-14,19-20H,6-9H2,1-5H3/t19-,20+/m0/s1. The van der Waals surface area contributed by atoms with E-state index in [-0.39, 0.29) is 10.7 Å². The van der Waals surface area contributed by atoms with E-state index in [1.165, 1.54) is 11.8 Å². The zero-order valence-corrected chi connectivity index (χ0v) is 19.0. The molecule has 1 aliphatic rings. The molecule has 1 fully saturated rings. The van der Waals surface area contributed by atoms with Crippen LogP contribution in [-0.4, -0.2) is 28.9 Å². The van der Waals surface area contributed by atoms with E-state index in [2.05, 4.69) is 30.7 Å². The Bertz CT molecular complexity index is 912. The highest BCUT2D eigenvalue weighted by atomic mass is 32.2. The minimum atomic E-state index is -3.39. The van der Waals surface area contributed by atoms with Crippen molar-refractivity contribution in [3.63, 3.8) is 0 Å². The van der Waals surface area contributed by atoms with Gasteiger partial charge in [0.1, 0.15) is 0 Å². The Morgan fingerprint density at radius 2 is 1.54 bits per heavy atom. The lowest BCUT2D eigenvalue weighted by Crippen LogP contribution is -2.35. The summed E-state index contributed by atoms with van der Waals surface area (Å²) in [4.78, 5) is 9.46. The molecule has 1 heterocycles. The molecule has 0 aliphatic heterocycles. The molecule has 0 spiro atoms. The monoisotopic (exact) mass is 418 g/mol. The molecule has 1 aromatic carbocycles. The van der Waals surface area contributed by atoms with Gasteiger partial charge in [0.2, 0.25) is 0 Å². The van der Waals surface area contributed by atoms with Gasteiger partial charge >= 0.3 is 0 Å².